The van der Waals surface area contributed by atoms with E-state index in [4.69, 9.17) is 9.47 Å². The molecule has 33 heavy (non-hydrogen) atoms. The zero-order chi connectivity index (χ0) is 24.3. The Morgan fingerprint density at radius 3 is 2.36 bits per heavy atom. The van der Waals surface area contributed by atoms with E-state index in [1.54, 1.807) is 12.1 Å². The Morgan fingerprint density at radius 2 is 1.79 bits per heavy atom. The molecule has 0 aromatic heterocycles. The van der Waals surface area contributed by atoms with Gasteiger partial charge < -0.3 is 24.4 Å². The third kappa shape index (κ3) is 4.73. The summed E-state index contributed by atoms with van der Waals surface area (Å²) in [4.78, 5) is 41.0. The maximum Gasteiger partial charge on any atom is 0.337 e. The first-order valence-electron chi connectivity index (χ1n) is 10.1. The molecule has 2 aromatic carbocycles. The predicted octanol–water partition coefficient (Wildman–Crippen LogP) is 2.60. The standard InChI is InChI=1S/C24H25FN2O6/c1-26(2)11-12-27-20(14-5-7-15(8-6-14)24(31)33-4)19(22(29)23(27)30)21(28)17-13-16(25)9-10-18(17)32-3/h5-10,13,20,28H,11-12H2,1-4H3/b21-19+. The second-order valence-corrected chi connectivity index (χ2v) is 7.75. The molecule has 0 bridgehead atoms. The number of methoxy groups -OCH3 is 2. The number of hydrogen-bond acceptors (Lipinski definition) is 7. The van der Waals surface area contributed by atoms with E-state index in [0.29, 0.717) is 17.7 Å². The summed E-state index contributed by atoms with van der Waals surface area (Å²) >= 11 is 0. The van der Waals surface area contributed by atoms with Gasteiger partial charge in [0.1, 0.15) is 17.3 Å². The fraction of sp³-hybridized carbons (Fsp3) is 0.292. The van der Waals surface area contributed by atoms with Crippen LogP contribution in [0.4, 0.5) is 4.39 Å². The number of halogens is 1. The average molecular weight is 456 g/mol. The second-order valence-electron chi connectivity index (χ2n) is 7.75. The van der Waals surface area contributed by atoms with E-state index in [2.05, 4.69) is 0 Å². The van der Waals surface area contributed by atoms with Crippen LogP contribution in [0.2, 0.25) is 0 Å². The highest BCUT2D eigenvalue weighted by Gasteiger charge is 2.46. The van der Waals surface area contributed by atoms with Gasteiger partial charge in [0.2, 0.25) is 0 Å². The number of Topliss-reactive ketones (excluding diaryl/α,β-unsaturated/α-hetero) is 1. The Kier molecular flexibility index (Phi) is 7.13. The number of hydrogen-bond donors (Lipinski definition) is 1. The first kappa shape index (κ1) is 23.9. The molecule has 0 saturated carbocycles. The van der Waals surface area contributed by atoms with Crippen molar-refractivity contribution in [2.45, 2.75) is 6.04 Å². The van der Waals surface area contributed by atoms with Gasteiger partial charge in [-0.3, -0.25) is 9.59 Å². The van der Waals surface area contributed by atoms with Crippen molar-refractivity contribution in [3.8, 4) is 5.75 Å². The number of benzene rings is 2. The van der Waals surface area contributed by atoms with Gasteiger partial charge in [-0.25, -0.2) is 9.18 Å². The predicted molar refractivity (Wildman–Crippen MR) is 118 cm³/mol. The van der Waals surface area contributed by atoms with Crippen molar-refractivity contribution in [3.05, 3.63) is 70.5 Å². The molecule has 9 heteroatoms. The van der Waals surface area contributed by atoms with E-state index in [1.165, 1.54) is 37.3 Å². The number of esters is 1. The Bertz CT molecular complexity index is 1110. The van der Waals surface area contributed by atoms with Crippen LogP contribution < -0.4 is 4.74 Å². The van der Waals surface area contributed by atoms with Crippen molar-refractivity contribution < 1.29 is 33.4 Å². The number of aliphatic hydroxyl groups excluding tert-OH is 1. The van der Waals surface area contributed by atoms with Crippen molar-refractivity contribution in [2.24, 2.45) is 0 Å². The molecule has 3 rings (SSSR count). The zero-order valence-corrected chi connectivity index (χ0v) is 18.8. The van der Waals surface area contributed by atoms with Gasteiger partial charge in [-0.05, 0) is 50.0 Å². The highest BCUT2D eigenvalue weighted by Crippen LogP contribution is 2.41. The summed E-state index contributed by atoms with van der Waals surface area (Å²) in [7, 11) is 6.27. The monoisotopic (exact) mass is 456 g/mol. The van der Waals surface area contributed by atoms with Crippen LogP contribution >= 0.6 is 0 Å². The van der Waals surface area contributed by atoms with Gasteiger partial charge in [0, 0.05) is 13.1 Å². The van der Waals surface area contributed by atoms with Crippen molar-refractivity contribution in [1.82, 2.24) is 9.80 Å². The minimum Gasteiger partial charge on any atom is -0.507 e. The van der Waals surface area contributed by atoms with Crippen molar-refractivity contribution in [2.75, 3.05) is 41.4 Å². The number of aliphatic hydroxyl groups is 1. The lowest BCUT2D eigenvalue weighted by Crippen LogP contribution is -2.35. The number of rotatable bonds is 7. The number of ketones is 1. The molecule has 0 radical (unpaired) electrons. The highest BCUT2D eigenvalue weighted by atomic mass is 19.1. The van der Waals surface area contributed by atoms with Gasteiger partial charge in [0.05, 0.1) is 37.0 Å². The largest absolute Gasteiger partial charge is 0.507 e. The Hall–Kier alpha value is -3.72. The lowest BCUT2D eigenvalue weighted by atomic mass is 9.94. The molecule has 1 atom stereocenters. The Morgan fingerprint density at radius 1 is 1.12 bits per heavy atom. The summed E-state index contributed by atoms with van der Waals surface area (Å²) < 4.78 is 23.9. The molecule has 1 unspecified atom stereocenters. The molecular weight excluding hydrogens is 431 g/mol. The van der Waals surface area contributed by atoms with E-state index in [1.807, 2.05) is 19.0 Å². The van der Waals surface area contributed by atoms with E-state index < -0.39 is 35.3 Å². The molecule has 2 aromatic rings. The van der Waals surface area contributed by atoms with Crippen LogP contribution in [-0.4, -0.2) is 74.0 Å². The number of likely N-dealkylation sites (tertiary alicyclic amines) is 1. The van der Waals surface area contributed by atoms with Crippen molar-refractivity contribution >= 4 is 23.4 Å². The molecule has 1 saturated heterocycles. The fourth-order valence-electron chi connectivity index (χ4n) is 3.69. The molecule has 0 spiro atoms. The first-order chi connectivity index (χ1) is 15.7. The summed E-state index contributed by atoms with van der Waals surface area (Å²) in [5, 5.41) is 11.1. The summed E-state index contributed by atoms with van der Waals surface area (Å²) in [5.74, 6) is -3.24. The van der Waals surface area contributed by atoms with E-state index in [0.717, 1.165) is 12.1 Å². The lowest BCUT2D eigenvalue weighted by Gasteiger charge is -2.26. The zero-order valence-electron chi connectivity index (χ0n) is 18.8. The maximum atomic E-state index is 14.0. The van der Waals surface area contributed by atoms with E-state index >= 15 is 0 Å². The lowest BCUT2D eigenvalue weighted by molar-refractivity contribution is -0.140. The first-order valence-corrected chi connectivity index (χ1v) is 10.1. The van der Waals surface area contributed by atoms with Crippen LogP contribution in [0.5, 0.6) is 5.75 Å². The van der Waals surface area contributed by atoms with Crippen LogP contribution in [0.1, 0.15) is 27.5 Å². The van der Waals surface area contributed by atoms with Crippen LogP contribution in [0.25, 0.3) is 5.76 Å². The smallest absolute Gasteiger partial charge is 0.337 e. The number of amides is 1. The van der Waals surface area contributed by atoms with Crippen LogP contribution in [0, 0.1) is 5.82 Å². The number of carbonyl (C=O) groups excluding carboxylic acids is 3. The van der Waals surface area contributed by atoms with Crippen LogP contribution in [0.3, 0.4) is 0 Å². The van der Waals surface area contributed by atoms with Gasteiger partial charge in [-0.1, -0.05) is 12.1 Å². The number of ether oxygens (including phenoxy) is 2. The van der Waals surface area contributed by atoms with Gasteiger partial charge in [-0.2, -0.15) is 0 Å². The molecule has 1 aliphatic heterocycles. The summed E-state index contributed by atoms with van der Waals surface area (Å²) in [5.41, 5.74) is 0.559. The quantitative estimate of drug-likeness (QED) is 0.296. The molecule has 1 amide bonds. The Labute approximate surface area is 190 Å². The topological polar surface area (TPSA) is 96.4 Å². The van der Waals surface area contributed by atoms with Gasteiger partial charge in [0.25, 0.3) is 11.7 Å². The summed E-state index contributed by atoms with van der Waals surface area (Å²) in [6.07, 6.45) is 0. The summed E-state index contributed by atoms with van der Waals surface area (Å²) in [6, 6.07) is 8.78. The molecule has 1 heterocycles. The van der Waals surface area contributed by atoms with E-state index in [9.17, 15) is 23.9 Å². The van der Waals surface area contributed by atoms with Gasteiger partial charge in [-0.15, -0.1) is 0 Å². The molecule has 0 aliphatic carbocycles. The average Bonchev–Trinajstić information content (AvgIpc) is 3.06. The van der Waals surface area contributed by atoms with E-state index in [-0.39, 0.29) is 23.4 Å². The number of nitrogens with zero attached hydrogens (tertiary/aromatic N) is 2. The van der Waals surface area contributed by atoms with Crippen LogP contribution in [0.15, 0.2) is 48.0 Å². The number of carbonyl (C=O) groups is 3. The van der Waals surface area contributed by atoms with Crippen molar-refractivity contribution in [3.63, 3.8) is 0 Å². The maximum absolute atomic E-state index is 14.0. The summed E-state index contributed by atoms with van der Waals surface area (Å²) in [6.45, 7) is 0.672. The Balaban J connectivity index is 2.19. The van der Waals surface area contributed by atoms with Gasteiger partial charge >= 0.3 is 5.97 Å². The normalized spacial score (nSPS) is 17.5. The van der Waals surface area contributed by atoms with Crippen LogP contribution in [-0.2, 0) is 14.3 Å². The SMILES string of the molecule is COC(=O)c1ccc(C2/C(=C(\O)c3cc(F)ccc3OC)C(=O)C(=O)N2CCN(C)C)cc1. The molecule has 1 aliphatic rings. The third-order valence-electron chi connectivity index (χ3n) is 5.39. The minimum absolute atomic E-state index is 0.0423. The highest BCUT2D eigenvalue weighted by molar-refractivity contribution is 6.46. The fourth-order valence-corrected chi connectivity index (χ4v) is 3.69. The van der Waals surface area contributed by atoms with Crippen molar-refractivity contribution in [1.29, 1.82) is 0 Å². The molecule has 1 N–H and O–H groups in total. The third-order valence-corrected chi connectivity index (χ3v) is 5.39. The minimum atomic E-state index is -0.940. The molecule has 1 fully saturated rings. The van der Waals surface area contributed by atoms with Gasteiger partial charge in [0.15, 0.2) is 0 Å². The molecule has 174 valence electrons. The second kappa shape index (κ2) is 9.83. The molecular formula is C24H25FN2O6. The number of likely N-dealkylation sites (N-methyl/N-ethyl adjacent to an activating group) is 1. The molecule has 8 nitrogen and oxygen atoms in total.